The van der Waals surface area contributed by atoms with Crippen LogP contribution in [0.15, 0.2) is 0 Å². The average molecular weight is 278 g/mol. The van der Waals surface area contributed by atoms with Gasteiger partial charge in [0.05, 0.1) is 13.2 Å². The summed E-state index contributed by atoms with van der Waals surface area (Å²) in [6.45, 7) is 3.96. The van der Waals surface area contributed by atoms with Crippen molar-refractivity contribution >= 4 is 10.2 Å². The van der Waals surface area contributed by atoms with Gasteiger partial charge in [-0.05, 0) is 25.3 Å². The minimum atomic E-state index is -3.43. The second-order valence-electron chi connectivity index (χ2n) is 4.80. The van der Waals surface area contributed by atoms with Gasteiger partial charge in [0.2, 0.25) is 0 Å². The summed E-state index contributed by atoms with van der Waals surface area (Å²) >= 11 is 0. The van der Waals surface area contributed by atoms with Gasteiger partial charge in [0.1, 0.15) is 0 Å². The van der Waals surface area contributed by atoms with Gasteiger partial charge in [-0.15, -0.1) is 4.83 Å². The molecule has 106 valence electrons. The normalized spacial score (nSPS) is 28.4. The average Bonchev–Trinajstić information content (AvgIpc) is 2.39. The highest BCUT2D eigenvalue weighted by Gasteiger charge is 2.29. The summed E-state index contributed by atoms with van der Waals surface area (Å²) in [4.78, 5) is 2.62. The zero-order chi connectivity index (χ0) is 13.0. The highest BCUT2D eigenvalue weighted by Crippen LogP contribution is 2.17. The fourth-order valence-electron chi connectivity index (χ4n) is 2.31. The molecule has 0 bridgehead atoms. The van der Waals surface area contributed by atoms with Crippen molar-refractivity contribution in [3.05, 3.63) is 0 Å². The van der Waals surface area contributed by atoms with Gasteiger partial charge < -0.3 is 10.5 Å². The lowest BCUT2D eigenvalue weighted by atomic mass is 10.0. The lowest BCUT2D eigenvalue weighted by molar-refractivity contribution is 0.0258. The molecule has 0 amide bonds. The van der Waals surface area contributed by atoms with Crippen molar-refractivity contribution in [2.45, 2.75) is 12.8 Å². The number of nitrogens with zero attached hydrogens (tertiary/aromatic N) is 2. The van der Waals surface area contributed by atoms with Crippen LogP contribution in [0.5, 0.6) is 0 Å². The Hall–Kier alpha value is -0.250. The Morgan fingerprint density at radius 1 is 1.28 bits per heavy atom. The maximum atomic E-state index is 12.2. The predicted molar refractivity (Wildman–Crippen MR) is 67.8 cm³/mol. The summed E-state index contributed by atoms with van der Waals surface area (Å²) < 4.78 is 31.1. The largest absolute Gasteiger partial charge is 0.379 e. The zero-order valence-electron chi connectivity index (χ0n) is 10.5. The van der Waals surface area contributed by atoms with Gasteiger partial charge in [0.25, 0.3) is 10.2 Å². The van der Waals surface area contributed by atoms with E-state index in [9.17, 15) is 8.42 Å². The summed E-state index contributed by atoms with van der Waals surface area (Å²) in [5, 5.41) is 1.70. The number of ether oxygens (including phenoxy) is 1. The highest BCUT2D eigenvalue weighted by atomic mass is 32.2. The molecule has 2 saturated heterocycles. The molecule has 18 heavy (non-hydrogen) atoms. The third-order valence-electron chi connectivity index (χ3n) is 3.41. The van der Waals surface area contributed by atoms with Crippen LogP contribution in [0.4, 0.5) is 0 Å². The zero-order valence-corrected chi connectivity index (χ0v) is 11.4. The lowest BCUT2D eigenvalue weighted by Gasteiger charge is -2.34. The molecule has 1 atom stereocenters. The Morgan fingerprint density at radius 2 is 2.00 bits per heavy atom. The molecular formula is C10H22N4O3S. The fourth-order valence-corrected chi connectivity index (χ4v) is 3.71. The van der Waals surface area contributed by atoms with Crippen LogP contribution in [0, 0.1) is 5.92 Å². The number of rotatable bonds is 4. The third kappa shape index (κ3) is 3.62. The molecule has 8 heteroatoms. The van der Waals surface area contributed by atoms with Crippen molar-refractivity contribution < 1.29 is 13.2 Å². The van der Waals surface area contributed by atoms with E-state index in [0.29, 0.717) is 45.9 Å². The van der Waals surface area contributed by atoms with Gasteiger partial charge in [-0.2, -0.15) is 12.7 Å². The number of nitrogens with one attached hydrogen (secondary N) is 1. The number of piperidine rings is 1. The number of hydrazine groups is 1. The molecule has 0 aliphatic carbocycles. The van der Waals surface area contributed by atoms with Crippen molar-refractivity contribution in [3.8, 4) is 0 Å². The Kier molecular flexibility index (Phi) is 4.93. The van der Waals surface area contributed by atoms with Gasteiger partial charge in [-0.25, -0.2) is 5.01 Å². The van der Waals surface area contributed by atoms with Crippen molar-refractivity contribution in [1.29, 1.82) is 0 Å². The molecule has 2 heterocycles. The van der Waals surface area contributed by atoms with Crippen LogP contribution in [0.3, 0.4) is 0 Å². The second-order valence-corrected chi connectivity index (χ2v) is 6.45. The van der Waals surface area contributed by atoms with Crippen molar-refractivity contribution in [3.63, 3.8) is 0 Å². The molecule has 0 aromatic carbocycles. The molecule has 1 unspecified atom stereocenters. The van der Waals surface area contributed by atoms with Crippen molar-refractivity contribution in [2.24, 2.45) is 11.7 Å². The van der Waals surface area contributed by atoms with Gasteiger partial charge in [-0.3, -0.25) is 0 Å². The first-order valence-corrected chi connectivity index (χ1v) is 7.86. The lowest BCUT2D eigenvalue weighted by Crippen LogP contribution is -2.55. The Bertz CT molecular complexity index is 356. The van der Waals surface area contributed by atoms with E-state index in [1.54, 1.807) is 5.01 Å². The third-order valence-corrected chi connectivity index (χ3v) is 4.91. The van der Waals surface area contributed by atoms with E-state index in [1.807, 2.05) is 0 Å². The first-order chi connectivity index (χ1) is 8.62. The van der Waals surface area contributed by atoms with Crippen LogP contribution in [-0.4, -0.2) is 63.7 Å². The summed E-state index contributed by atoms with van der Waals surface area (Å²) in [7, 11) is -3.43. The molecule has 2 rings (SSSR count). The Morgan fingerprint density at radius 3 is 2.67 bits per heavy atom. The summed E-state index contributed by atoms with van der Waals surface area (Å²) in [5.74, 6) is 0.278. The van der Waals surface area contributed by atoms with E-state index in [-0.39, 0.29) is 5.92 Å². The molecule has 2 fully saturated rings. The van der Waals surface area contributed by atoms with Gasteiger partial charge >= 0.3 is 0 Å². The van der Waals surface area contributed by atoms with Crippen LogP contribution in [0.2, 0.25) is 0 Å². The van der Waals surface area contributed by atoms with E-state index in [4.69, 9.17) is 10.5 Å². The molecule has 0 saturated carbocycles. The van der Waals surface area contributed by atoms with Crippen molar-refractivity contribution in [1.82, 2.24) is 14.1 Å². The first-order valence-electron chi connectivity index (χ1n) is 6.42. The van der Waals surface area contributed by atoms with E-state index in [1.165, 1.54) is 4.31 Å². The van der Waals surface area contributed by atoms with Crippen LogP contribution in [0.25, 0.3) is 0 Å². The number of nitrogens with two attached hydrogens (primary N) is 1. The molecule has 0 aromatic rings. The maximum Gasteiger partial charge on any atom is 0.292 e. The highest BCUT2D eigenvalue weighted by molar-refractivity contribution is 7.87. The predicted octanol–water partition coefficient (Wildman–Crippen LogP) is -1.26. The smallest absolute Gasteiger partial charge is 0.292 e. The topological polar surface area (TPSA) is 87.9 Å². The molecular weight excluding hydrogens is 256 g/mol. The SMILES string of the molecule is NCC1CCCN(S(=O)(=O)NN2CCOCC2)C1. The molecule has 0 spiro atoms. The van der Waals surface area contributed by atoms with Crippen LogP contribution in [-0.2, 0) is 14.9 Å². The molecule has 0 radical (unpaired) electrons. The standard InChI is InChI=1S/C10H22N4O3S/c11-8-10-2-1-3-14(9-10)18(15,16)12-13-4-6-17-7-5-13/h10,12H,1-9,11H2. The fraction of sp³-hybridized carbons (Fsp3) is 1.00. The molecule has 7 nitrogen and oxygen atoms in total. The van der Waals surface area contributed by atoms with Gasteiger partial charge in [0, 0.05) is 26.2 Å². The maximum absolute atomic E-state index is 12.2. The quantitative estimate of drug-likeness (QED) is 0.670. The number of hydrogen-bond acceptors (Lipinski definition) is 5. The van der Waals surface area contributed by atoms with E-state index >= 15 is 0 Å². The Labute approximate surface area is 108 Å². The minimum Gasteiger partial charge on any atom is -0.379 e. The van der Waals surface area contributed by atoms with Crippen LogP contribution in [0.1, 0.15) is 12.8 Å². The van der Waals surface area contributed by atoms with Gasteiger partial charge in [0.15, 0.2) is 0 Å². The summed E-state index contributed by atoms with van der Waals surface area (Å²) in [6, 6.07) is 0. The van der Waals surface area contributed by atoms with Crippen LogP contribution < -0.4 is 10.6 Å². The second kappa shape index (κ2) is 6.27. The Balaban J connectivity index is 1.92. The van der Waals surface area contributed by atoms with E-state index < -0.39 is 10.2 Å². The number of morpholine rings is 1. The minimum absolute atomic E-state index is 0.278. The monoisotopic (exact) mass is 278 g/mol. The number of hydrogen-bond donors (Lipinski definition) is 2. The van der Waals surface area contributed by atoms with E-state index in [2.05, 4.69) is 4.83 Å². The molecule has 2 aliphatic heterocycles. The summed E-state index contributed by atoms with van der Waals surface area (Å²) in [5.41, 5.74) is 5.62. The first kappa shape index (κ1) is 14.2. The molecule has 3 N–H and O–H groups in total. The van der Waals surface area contributed by atoms with Crippen molar-refractivity contribution in [2.75, 3.05) is 45.9 Å². The molecule has 2 aliphatic rings. The molecule has 0 aromatic heterocycles. The summed E-state index contributed by atoms with van der Waals surface area (Å²) in [6.07, 6.45) is 1.89. The van der Waals surface area contributed by atoms with Crippen LogP contribution >= 0.6 is 0 Å². The van der Waals surface area contributed by atoms with Gasteiger partial charge in [-0.1, -0.05) is 0 Å². The van der Waals surface area contributed by atoms with E-state index in [0.717, 1.165) is 12.8 Å².